The highest BCUT2D eigenvalue weighted by Gasteiger charge is 2.00. The van der Waals surface area contributed by atoms with E-state index in [0.717, 1.165) is 21.9 Å². The summed E-state index contributed by atoms with van der Waals surface area (Å²) in [5, 5.41) is 5.28. The molecule has 0 radical (unpaired) electrons. The van der Waals surface area contributed by atoms with Crippen molar-refractivity contribution in [3.05, 3.63) is 52.8 Å². The normalized spacial score (nSPS) is 13.7. The third-order valence-corrected chi connectivity index (χ3v) is 2.99. The molecule has 5 heteroatoms. The number of aromatic nitrogens is 2. The Bertz CT molecular complexity index is 730. The van der Waals surface area contributed by atoms with Crippen molar-refractivity contribution in [1.29, 1.82) is 0 Å². The summed E-state index contributed by atoms with van der Waals surface area (Å²) in [4.78, 5) is 12.5. The van der Waals surface area contributed by atoms with Crippen LogP contribution in [0.5, 0.6) is 0 Å². The Hall–Kier alpha value is -2.20. The first kappa shape index (κ1) is 17.9. The van der Waals surface area contributed by atoms with Gasteiger partial charge < -0.3 is 5.32 Å². The molecule has 4 nitrogen and oxygen atoms in total. The molecular weight excluding hydrogens is 296 g/mol. The highest BCUT2D eigenvalue weighted by molar-refractivity contribution is 6.33. The maximum Gasteiger partial charge on any atom is 0.137 e. The topological polar surface area (TPSA) is 50.2 Å². The van der Waals surface area contributed by atoms with Crippen molar-refractivity contribution in [3.8, 4) is 0 Å². The molecule has 0 bridgehead atoms. The summed E-state index contributed by atoms with van der Waals surface area (Å²) in [6.07, 6.45) is 8.99. The van der Waals surface area contributed by atoms with E-state index in [1.165, 1.54) is 6.33 Å². The van der Waals surface area contributed by atoms with E-state index in [9.17, 15) is 0 Å². The van der Waals surface area contributed by atoms with Crippen molar-refractivity contribution < 1.29 is 0 Å². The van der Waals surface area contributed by atoms with Gasteiger partial charge in [0.15, 0.2) is 0 Å². The predicted octanol–water partition coefficient (Wildman–Crippen LogP) is 2.43. The lowest BCUT2D eigenvalue weighted by molar-refractivity contribution is 1.07. The van der Waals surface area contributed by atoms with Crippen LogP contribution in [0.3, 0.4) is 0 Å². The Labute approximate surface area is 136 Å². The molecule has 1 heterocycles. The van der Waals surface area contributed by atoms with Crippen molar-refractivity contribution in [2.24, 2.45) is 4.99 Å². The van der Waals surface area contributed by atoms with Gasteiger partial charge in [0, 0.05) is 29.6 Å². The van der Waals surface area contributed by atoms with Gasteiger partial charge in [0.05, 0.1) is 5.35 Å². The summed E-state index contributed by atoms with van der Waals surface area (Å²) >= 11 is 5.89. The maximum atomic E-state index is 5.89. The van der Waals surface area contributed by atoms with Crippen LogP contribution < -0.4 is 15.9 Å². The molecule has 0 aliphatic carbocycles. The standard InChI is InChI=1S/C17H21ClN4/c1-6-16-15(9-13(3)18)17(22-11-21-16)20-10-12(2)7-8-14(4)19-5/h6-9,11H,2-3,10H2,1,4-5H3,(H,20,21,22)/b8-7-,15-9+,16-6+,19-14-. The number of nitrogens with zero attached hydrogens (tertiary/aromatic N) is 3. The third-order valence-electron chi connectivity index (χ3n) is 2.88. The Morgan fingerprint density at radius 2 is 2.09 bits per heavy atom. The van der Waals surface area contributed by atoms with Crippen LogP contribution in [0.1, 0.15) is 13.8 Å². The molecule has 1 rings (SSSR count). The second-order valence-corrected chi connectivity index (χ2v) is 5.10. The lowest BCUT2D eigenvalue weighted by atomic mass is 10.2. The van der Waals surface area contributed by atoms with E-state index in [0.29, 0.717) is 17.4 Å². The molecule has 116 valence electrons. The molecule has 0 atom stereocenters. The van der Waals surface area contributed by atoms with Crippen LogP contribution in [0.15, 0.2) is 47.2 Å². The van der Waals surface area contributed by atoms with E-state index in [-0.39, 0.29) is 0 Å². The van der Waals surface area contributed by atoms with E-state index >= 15 is 0 Å². The van der Waals surface area contributed by atoms with Crippen LogP contribution in [0.4, 0.5) is 5.82 Å². The monoisotopic (exact) mass is 316 g/mol. The van der Waals surface area contributed by atoms with E-state index in [1.54, 1.807) is 13.1 Å². The van der Waals surface area contributed by atoms with Gasteiger partial charge in [-0.05, 0) is 31.6 Å². The average Bonchev–Trinajstić information content (AvgIpc) is 2.50. The predicted molar refractivity (Wildman–Crippen MR) is 96.7 cm³/mol. The maximum absolute atomic E-state index is 5.89. The van der Waals surface area contributed by atoms with Gasteiger partial charge in [0.25, 0.3) is 0 Å². The Morgan fingerprint density at radius 1 is 1.36 bits per heavy atom. The van der Waals surface area contributed by atoms with Gasteiger partial charge in [-0.2, -0.15) is 0 Å². The number of aliphatic imine (C=N–C) groups is 1. The van der Waals surface area contributed by atoms with Crippen molar-refractivity contribution >= 4 is 35.3 Å². The highest BCUT2D eigenvalue weighted by atomic mass is 35.5. The van der Waals surface area contributed by atoms with Gasteiger partial charge >= 0.3 is 0 Å². The average molecular weight is 317 g/mol. The minimum absolute atomic E-state index is 0.425. The van der Waals surface area contributed by atoms with E-state index in [4.69, 9.17) is 11.6 Å². The lowest BCUT2D eigenvalue weighted by Gasteiger charge is -2.06. The zero-order valence-corrected chi connectivity index (χ0v) is 14.0. The number of nitrogens with one attached hydrogen (secondary N) is 1. The third kappa shape index (κ3) is 5.66. The first-order chi connectivity index (χ1) is 10.5. The van der Waals surface area contributed by atoms with Gasteiger partial charge in [0.2, 0.25) is 0 Å². The fourth-order valence-electron chi connectivity index (χ4n) is 1.65. The van der Waals surface area contributed by atoms with Gasteiger partial charge in [-0.3, -0.25) is 4.99 Å². The van der Waals surface area contributed by atoms with Crippen molar-refractivity contribution in [1.82, 2.24) is 9.97 Å². The molecule has 1 N–H and O–H groups in total. The number of hydrogen-bond acceptors (Lipinski definition) is 4. The molecule has 0 aromatic carbocycles. The fourth-order valence-corrected chi connectivity index (χ4v) is 1.76. The van der Waals surface area contributed by atoms with Crippen molar-refractivity contribution in [2.75, 3.05) is 18.9 Å². The quantitative estimate of drug-likeness (QED) is 0.648. The smallest absolute Gasteiger partial charge is 0.137 e. The second-order valence-electron chi connectivity index (χ2n) is 4.61. The summed E-state index contributed by atoms with van der Waals surface area (Å²) in [5.74, 6) is 0.695. The molecule has 22 heavy (non-hydrogen) atoms. The van der Waals surface area contributed by atoms with Crippen LogP contribution in [0, 0.1) is 0 Å². The molecule has 1 aromatic rings. The van der Waals surface area contributed by atoms with Crippen LogP contribution in [0.25, 0.3) is 12.2 Å². The van der Waals surface area contributed by atoms with Gasteiger partial charge in [-0.15, -0.1) is 0 Å². The molecule has 1 aromatic heterocycles. The number of rotatable bonds is 6. The number of allylic oxidation sites excluding steroid dienone is 2. The molecule has 0 saturated heterocycles. The summed E-state index contributed by atoms with van der Waals surface area (Å²) in [7, 11) is 1.76. The second kappa shape index (κ2) is 8.95. The number of halogens is 1. The Kier molecular flexibility index (Phi) is 7.26. The van der Waals surface area contributed by atoms with Crippen LogP contribution >= 0.6 is 11.6 Å². The van der Waals surface area contributed by atoms with Crippen LogP contribution in [-0.4, -0.2) is 29.3 Å². The zero-order valence-electron chi connectivity index (χ0n) is 13.2. The Balaban J connectivity index is 2.98. The molecule has 0 spiro atoms. The van der Waals surface area contributed by atoms with E-state index in [1.807, 2.05) is 32.1 Å². The van der Waals surface area contributed by atoms with Crippen molar-refractivity contribution in [3.63, 3.8) is 0 Å². The minimum atomic E-state index is 0.425. The van der Waals surface area contributed by atoms with Crippen LogP contribution in [0.2, 0.25) is 0 Å². The summed E-state index contributed by atoms with van der Waals surface area (Å²) in [6.45, 7) is 12.1. The largest absolute Gasteiger partial charge is 0.365 e. The van der Waals surface area contributed by atoms with Gasteiger partial charge in [0.1, 0.15) is 12.1 Å². The fraction of sp³-hybridized carbons (Fsp3) is 0.235. The summed E-state index contributed by atoms with van der Waals surface area (Å²) in [5.41, 5.74) is 1.86. The van der Waals surface area contributed by atoms with Gasteiger partial charge in [-0.25, -0.2) is 9.97 Å². The van der Waals surface area contributed by atoms with Gasteiger partial charge in [-0.1, -0.05) is 36.9 Å². The Morgan fingerprint density at radius 3 is 2.68 bits per heavy atom. The molecule has 0 fully saturated rings. The first-order valence-electron chi connectivity index (χ1n) is 6.84. The van der Waals surface area contributed by atoms with Crippen LogP contribution in [-0.2, 0) is 0 Å². The van der Waals surface area contributed by atoms with Crippen molar-refractivity contribution in [2.45, 2.75) is 13.8 Å². The summed E-state index contributed by atoms with van der Waals surface area (Å²) in [6, 6.07) is 0. The van der Waals surface area contributed by atoms with E-state index < -0.39 is 0 Å². The number of hydrogen-bond donors (Lipinski definition) is 1. The molecular formula is C17H21ClN4. The van der Waals surface area contributed by atoms with E-state index in [2.05, 4.69) is 33.4 Å². The highest BCUT2D eigenvalue weighted by Crippen LogP contribution is 2.00. The molecule has 0 aliphatic heterocycles. The molecule has 0 amide bonds. The first-order valence-corrected chi connectivity index (χ1v) is 7.22. The SMILES string of the molecule is C=C(Cl)/C=c1/c(NCC(=C)/C=C\C(C)=N/C)ncn/c1=C/C. The molecule has 0 saturated carbocycles. The summed E-state index contributed by atoms with van der Waals surface area (Å²) < 4.78 is 0. The lowest BCUT2D eigenvalue weighted by Crippen LogP contribution is -2.32. The zero-order chi connectivity index (χ0) is 16.5. The molecule has 0 aliphatic rings. The number of anilines is 1. The molecule has 0 unspecified atom stereocenters. The minimum Gasteiger partial charge on any atom is -0.365 e.